The molecule has 0 aliphatic rings. The first-order valence-corrected chi connectivity index (χ1v) is 3.86. The second kappa shape index (κ2) is 3.38. The molecule has 0 aromatic carbocycles. The van der Waals surface area contributed by atoms with Crippen LogP contribution in [0.15, 0.2) is 12.4 Å². The average Bonchev–Trinajstić information content (AvgIpc) is 2.33. The molecule has 0 atom stereocenters. The molecule has 66 valence electrons. The summed E-state index contributed by atoms with van der Waals surface area (Å²) in [6, 6.07) is 0. The van der Waals surface area contributed by atoms with Crippen LogP contribution in [0.5, 0.6) is 0 Å². The largest absolute Gasteiger partial charge is 0.464 e. The summed E-state index contributed by atoms with van der Waals surface area (Å²) in [5, 5.41) is 8.69. The molecule has 1 rings (SSSR count). The number of aromatic nitrogens is 2. The number of carboxylic acid groups (broad SMARTS) is 1. The molecule has 0 aliphatic heterocycles. The maximum atomic E-state index is 10.6. The minimum absolute atomic E-state index is 0.422. The molecule has 1 aromatic heterocycles. The van der Waals surface area contributed by atoms with E-state index in [1.165, 1.54) is 12.4 Å². The van der Waals surface area contributed by atoms with Crippen LogP contribution in [0.25, 0.3) is 0 Å². The molecule has 0 saturated heterocycles. The normalized spacial score (nSPS) is 10.6. The number of hydrogen-bond donors (Lipinski definition) is 1. The van der Waals surface area contributed by atoms with E-state index in [2.05, 4.69) is 4.98 Å². The van der Waals surface area contributed by atoms with Crippen LogP contribution in [-0.2, 0) is 6.42 Å². The Hall–Kier alpha value is -1.32. The Kier molecular flexibility index (Phi) is 2.47. The number of carbonyl (C=O) groups is 1. The van der Waals surface area contributed by atoms with Crippen molar-refractivity contribution in [2.24, 2.45) is 5.92 Å². The van der Waals surface area contributed by atoms with Crippen molar-refractivity contribution in [1.82, 2.24) is 9.55 Å². The van der Waals surface area contributed by atoms with Crippen LogP contribution in [0, 0.1) is 5.92 Å². The standard InChI is InChI=1S/C8H12N2O2/c1-6(2)5-7-9-3-4-10(7)8(11)12/h3-4,6H,5H2,1-2H3,(H,11,12). The Balaban J connectivity index is 2.84. The van der Waals surface area contributed by atoms with Crippen molar-refractivity contribution in [2.45, 2.75) is 20.3 Å². The molecule has 0 unspecified atom stereocenters. The molecule has 0 spiro atoms. The summed E-state index contributed by atoms with van der Waals surface area (Å²) in [6.45, 7) is 4.06. The van der Waals surface area contributed by atoms with Gasteiger partial charge in [0.2, 0.25) is 0 Å². The highest BCUT2D eigenvalue weighted by molar-refractivity contribution is 5.68. The van der Waals surface area contributed by atoms with Gasteiger partial charge in [0.15, 0.2) is 0 Å². The molecule has 1 heterocycles. The Bertz CT molecular complexity index is 278. The number of imidazole rings is 1. The van der Waals surface area contributed by atoms with Gasteiger partial charge < -0.3 is 5.11 Å². The zero-order valence-electron chi connectivity index (χ0n) is 7.19. The summed E-state index contributed by atoms with van der Waals surface area (Å²) in [4.78, 5) is 14.5. The van der Waals surface area contributed by atoms with Crippen molar-refractivity contribution >= 4 is 6.09 Å². The second-order valence-electron chi connectivity index (χ2n) is 3.09. The van der Waals surface area contributed by atoms with Gasteiger partial charge in [-0.25, -0.2) is 14.3 Å². The molecule has 0 fully saturated rings. The predicted molar refractivity (Wildman–Crippen MR) is 44.2 cm³/mol. The summed E-state index contributed by atoms with van der Waals surface area (Å²) in [7, 11) is 0. The van der Waals surface area contributed by atoms with Gasteiger partial charge >= 0.3 is 6.09 Å². The number of rotatable bonds is 2. The van der Waals surface area contributed by atoms with E-state index in [1.807, 2.05) is 13.8 Å². The van der Waals surface area contributed by atoms with E-state index in [0.29, 0.717) is 18.2 Å². The summed E-state index contributed by atoms with van der Waals surface area (Å²) >= 11 is 0. The molecule has 0 amide bonds. The molecule has 0 bridgehead atoms. The van der Waals surface area contributed by atoms with Gasteiger partial charge in [-0.2, -0.15) is 0 Å². The van der Waals surface area contributed by atoms with Crippen molar-refractivity contribution in [1.29, 1.82) is 0 Å². The monoisotopic (exact) mass is 168 g/mol. The molecule has 4 heteroatoms. The van der Waals surface area contributed by atoms with Gasteiger partial charge in [-0.3, -0.25) is 0 Å². The average molecular weight is 168 g/mol. The van der Waals surface area contributed by atoms with Crippen LogP contribution in [-0.4, -0.2) is 20.8 Å². The van der Waals surface area contributed by atoms with Crippen LogP contribution >= 0.6 is 0 Å². The molecular weight excluding hydrogens is 156 g/mol. The van der Waals surface area contributed by atoms with Gasteiger partial charge in [0.1, 0.15) is 5.82 Å². The lowest BCUT2D eigenvalue weighted by molar-refractivity contribution is 0.195. The van der Waals surface area contributed by atoms with Crippen molar-refractivity contribution in [3.05, 3.63) is 18.2 Å². The summed E-state index contributed by atoms with van der Waals surface area (Å²) < 4.78 is 1.15. The van der Waals surface area contributed by atoms with E-state index in [9.17, 15) is 4.79 Å². The van der Waals surface area contributed by atoms with Crippen molar-refractivity contribution in [2.75, 3.05) is 0 Å². The van der Waals surface area contributed by atoms with Crippen LogP contribution < -0.4 is 0 Å². The molecule has 1 aromatic rings. The van der Waals surface area contributed by atoms with Crippen LogP contribution in [0.4, 0.5) is 4.79 Å². The van der Waals surface area contributed by atoms with E-state index in [0.717, 1.165) is 4.57 Å². The SMILES string of the molecule is CC(C)Cc1nccn1C(=O)O. The maximum absolute atomic E-state index is 10.6. The summed E-state index contributed by atoms with van der Waals surface area (Å²) in [6.07, 6.45) is 2.69. The fraction of sp³-hybridized carbons (Fsp3) is 0.500. The van der Waals surface area contributed by atoms with E-state index in [-0.39, 0.29) is 0 Å². The number of nitrogens with zero attached hydrogens (tertiary/aromatic N) is 2. The first kappa shape index (κ1) is 8.77. The fourth-order valence-corrected chi connectivity index (χ4v) is 1.02. The Morgan fingerprint density at radius 3 is 2.92 bits per heavy atom. The van der Waals surface area contributed by atoms with Crippen LogP contribution in [0.1, 0.15) is 19.7 Å². The van der Waals surface area contributed by atoms with E-state index in [1.54, 1.807) is 0 Å². The highest BCUT2D eigenvalue weighted by Gasteiger charge is 2.09. The van der Waals surface area contributed by atoms with E-state index in [4.69, 9.17) is 5.11 Å². The van der Waals surface area contributed by atoms with Crippen molar-refractivity contribution in [3.8, 4) is 0 Å². The minimum Gasteiger partial charge on any atom is -0.464 e. The van der Waals surface area contributed by atoms with Crippen LogP contribution in [0.3, 0.4) is 0 Å². The highest BCUT2D eigenvalue weighted by Crippen LogP contribution is 2.05. The third kappa shape index (κ3) is 1.84. The Morgan fingerprint density at radius 2 is 2.42 bits per heavy atom. The highest BCUT2D eigenvalue weighted by atomic mass is 16.4. The summed E-state index contributed by atoms with van der Waals surface area (Å²) in [5.74, 6) is 1.03. The maximum Gasteiger partial charge on any atom is 0.416 e. The Morgan fingerprint density at radius 1 is 1.75 bits per heavy atom. The molecule has 12 heavy (non-hydrogen) atoms. The fourth-order valence-electron chi connectivity index (χ4n) is 1.02. The summed E-state index contributed by atoms with van der Waals surface area (Å²) in [5.41, 5.74) is 0. The molecule has 0 aliphatic carbocycles. The predicted octanol–water partition coefficient (Wildman–Crippen LogP) is 1.61. The third-order valence-electron chi connectivity index (χ3n) is 1.51. The van der Waals surface area contributed by atoms with E-state index >= 15 is 0 Å². The first-order valence-electron chi connectivity index (χ1n) is 3.86. The molecule has 4 nitrogen and oxygen atoms in total. The zero-order valence-corrected chi connectivity index (χ0v) is 7.19. The zero-order chi connectivity index (χ0) is 9.14. The van der Waals surface area contributed by atoms with Crippen molar-refractivity contribution in [3.63, 3.8) is 0 Å². The van der Waals surface area contributed by atoms with Gasteiger partial charge in [-0.05, 0) is 5.92 Å². The quantitative estimate of drug-likeness (QED) is 0.729. The molecule has 0 radical (unpaired) electrons. The molecule has 1 N–H and O–H groups in total. The van der Waals surface area contributed by atoms with Gasteiger partial charge in [0.05, 0.1) is 0 Å². The van der Waals surface area contributed by atoms with E-state index < -0.39 is 6.09 Å². The number of hydrogen-bond acceptors (Lipinski definition) is 2. The Labute approximate surface area is 70.9 Å². The minimum atomic E-state index is -0.969. The second-order valence-corrected chi connectivity index (χ2v) is 3.09. The van der Waals surface area contributed by atoms with Gasteiger partial charge in [-0.15, -0.1) is 0 Å². The third-order valence-corrected chi connectivity index (χ3v) is 1.51. The van der Waals surface area contributed by atoms with Gasteiger partial charge in [0, 0.05) is 18.8 Å². The van der Waals surface area contributed by atoms with Crippen LogP contribution in [0.2, 0.25) is 0 Å². The molecular formula is C8H12N2O2. The lowest BCUT2D eigenvalue weighted by Crippen LogP contribution is -2.12. The molecule has 0 saturated carbocycles. The smallest absolute Gasteiger partial charge is 0.416 e. The lowest BCUT2D eigenvalue weighted by atomic mass is 10.1. The van der Waals surface area contributed by atoms with Gasteiger partial charge in [-0.1, -0.05) is 13.8 Å². The van der Waals surface area contributed by atoms with Crippen molar-refractivity contribution < 1.29 is 9.90 Å². The first-order chi connectivity index (χ1) is 5.61. The van der Waals surface area contributed by atoms with Gasteiger partial charge in [0.25, 0.3) is 0 Å². The topological polar surface area (TPSA) is 55.1 Å². The lowest BCUT2D eigenvalue weighted by Gasteiger charge is -2.03.